The van der Waals surface area contributed by atoms with Gasteiger partial charge < -0.3 is 10.8 Å². The molecule has 0 bridgehead atoms. The molecule has 0 aromatic carbocycles. The van der Waals surface area contributed by atoms with Crippen LogP contribution in [0.5, 0.6) is 0 Å². The van der Waals surface area contributed by atoms with Gasteiger partial charge in [-0.2, -0.15) is 26.3 Å². The molecule has 0 saturated heterocycles. The fourth-order valence-electron chi connectivity index (χ4n) is 0.531. The van der Waals surface area contributed by atoms with E-state index in [0.29, 0.717) is 0 Å². The average Bonchev–Trinajstić information content (AvgIpc) is 1.79. The molecule has 0 atom stereocenters. The summed E-state index contributed by atoms with van der Waals surface area (Å²) in [5.74, 6) is -2.77. The molecular formula is C5H3F6NO2. The zero-order chi connectivity index (χ0) is 11.7. The number of aliphatic carboxylic acids is 1. The van der Waals surface area contributed by atoms with Crippen LogP contribution in [0.25, 0.3) is 0 Å². The van der Waals surface area contributed by atoms with Crippen molar-refractivity contribution in [1.29, 1.82) is 0 Å². The van der Waals surface area contributed by atoms with Gasteiger partial charge in [-0.3, -0.25) is 0 Å². The van der Waals surface area contributed by atoms with Crippen LogP contribution in [0.3, 0.4) is 0 Å². The van der Waals surface area contributed by atoms with Crippen molar-refractivity contribution >= 4 is 5.97 Å². The van der Waals surface area contributed by atoms with Crippen LogP contribution in [-0.2, 0) is 4.79 Å². The second-order valence-corrected chi connectivity index (χ2v) is 2.09. The molecule has 9 heteroatoms. The third kappa shape index (κ3) is 2.82. The molecule has 0 aliphatic heterocycles. The van der Waals surface area contributed by atoms with Crippen LogP contribution >= 0.6 is 0 Å². The highest BCUT2D eigenvalue weighted by Gasteiger charge is 2.48. The second-order valence-electron chi connectivity index (χ2n) is 2.09. The number of carbonyl (C=O) groups is 1. The number of carboxylic acids is 1. The lowest BCUT2D eigenvalue weighted by Gasteiger charge is -2.13. The molecule has 0 saturated carbocycles. The Hall–Kier alpha value is -1.41. The number of allylic oxidation sites excluding steroid dienone is 1. The maximum absolute atomic E-state index is 11.7. The number of alkyl halides is 6. The lowest BCUT2D eigenvalue weighted by molar-refractivity contribution is -0.149. The Morgan fingerprint density at radius 3 is 1.43 bits per heavy atom. The first-order chi connectivity index (χ1) is 5.98. The lowest BCUT2D eigenvalue weighted by Crippen LogP contribution is -2.31. The van der Waals surface area contributed by atoms with Crippen molar-refractivity contribution in [3.8, 4) is 0 Å². The van der Waals surface area contributed by atoms with Gasteiger partial charge >= 0.3 is 18.3 Å². The number of nitrogens with two attached hydrogens (primary N) is 1. The van der Waals surface area contributed by atoms with Gasteiger partial charge in [-0.15, -0.1) is 0 Å². The van der Waals surface area contributed by atoms with E-state index in [1.165, 1.54) is 0 Å². The fourth-order valence-corrected chi connectivity index (χ4v) is 0.531. The number of halogens is 6. The summed E-state index contributed by atoms with van der Waals surface area (Å²) in [7, 11) is 0. The van der Waals surface area contributed by atoms with Gasteiger partial charge in [-0.05, 0) is 0 Å². The quantitative estimate of drug-likeness (QED) is 0.521. The summed E-state index contributed by atoms with van der Waals surface area (Å²) in [5.41, 5.74) is -1.45. The van der Waals surface area contributed by atoms with E-state index in [2.05, 4.69) is 5.73 Å². The van der Waals surface area contributed by atoms with Crippen molar-refractivity contribution in [2.24, 2.45) is 5.73 Å². The summed E-state index contributed by atoms with van der Waals surface area (Å²) in [6.45, 7) is 0. The Bertz CT molecular complexity index is 275. The van der Waals surface area contributed by atoms with Crippen LogP contribution in [-0.4, -0.2) is 23.4 Å². The van der Waals surface area contributed by atoms with Crippen LogP contribution in [0.1, 0.15) is 0 Å². The molecule has 0 aliphatic carbocycles. The van der Waals surface area contributed by atoms with Crippen LogP contribution < -0.4 is 5.73 Å². The normalized spacial score (nSPS) is 15.0. The Morgan fingerprint density at radius 1 is 1.00 bits per heavy atom. The van der Waals surface area contributed by atoms with E-state index in [9.17, 15) is 31.1 Å². The molecule has 0 aliphatic rings. The van der Waals surface area contributed by atoms with Crippen LogP contribution in [0.2, 0.25) is 0 Å². The molecule has 0 aromatic rings. The number of carboxylic acid groups (broad SMARTS) is 1. The van der Waals surface area contributed by atoms with Crippen LogP contribution in [0, 0.1) is 0 Å². The van der Waals surface area contributed by atoms with E-state index in [4.69, 9.17) is 5.11 Å². The maximum atomic E-state index is 11.7. The number of hydrogen-bond donors (Lipinski definition) is 2. The van der Waals surface area contributed by atoms with Gasteiger partial charge in [0, 0.05) is 0 Å². The average molecular weight is 223 g/mol. The SMILES string of the molecule is N/C(=C(/C(=O)O)C(F)(F)F)C(F)(F)F. The Labute approximate surface area is 72.8 Å². The fraction of sp³-hybridized carbons (Fsp3) is 0.400. The highest BCUT2D eigenvalue weighted by molar-refractivity contribution is 5.89. The van der Waals surface area contributed by atoms with Gasteiger partial charge in [0.2, 0.25) is 0 Å². The Morgan fingerprint density at radius 2 is 1.36 bits per heavy atom. The molecule has 14 heavy (non-hydrogen) atoms. The third-order valence-corrected chi connectivity index (χ3v) is 1.07. The van der Waals surface area contributed by atoms with Crippen molar-refractivity contribution in [3.63, 3.8) is 0 Å². The number of rotatable bonds is 1. The van der Waals surface area contributed by atoms with E-state index in [0.717, 1.165) is 0 Å². The van der Waals surface area contributed by atoms with E-state index in [1.807, 2.05) is 0 Å². The van der Waals surface area contributed by atoms with Crippen LogP contribution in [0.15, 0.2) is 11.3 Å². The molecule has 0 spiro atoms. The van der Waals surface area contributed by atoms with Gasteiger partial charge in [-0.25, -0.2) is 4.79 Å². The van der Waals surface area contributed by atoms with Crippen molar-refractivity contribution in [2.75, 3.05) is 0 Å². The molecule has 0 aromatic heterocycles. The summed E-state index contributed by atoms with van der Waals surface area (Å²) in [5, 5.41) is 7.88. The Kier molecular flexibility index (Phi) is 3.05. The monoisotopic (exact) mass is 223 g/mol. The molecular weight excluding hydrogens is 220 g/mol. The smallest absolute Gasteiger partial charge is 0.431 e. The molecule has 0 rings (SSSR count). The van der Waals surface area contributed by atoms with Gasteiger partial charge in [-0.1, -0.05) is 0 Å². The third-order valence-electron chi connectivity index (χ3n) is 1.07. The van der Waals surface area contributed by atoms with Gasteiger partial charge in [0.1, 0.15) is 5.70 Å². The molecule has 0 radical (unpaired) electrons. The molecule has 0 amide bonds. The summed E-state index contributed by atoms with van der Waals surface area (Å²) in [6, 6.07) is 0. The minimum absolute atomic E-state index is 2.67. The topological polar surface area (TPSA) is 63.3 Å². The highest BCUT2D eigenvalue weighted by atomic mass is 19.4. The lowest BCUT2D eigenvalue weighted by atomic mass is 10.2. The second kappa shape index (κ2) is 3.39. The summed E-state index contributed by atoms with van der Waals surface area (Å²) in [6.07, 6.45) is -11.2. The van der Waals surface area contributed by atoms with E-state index >= 15 is 0 Å². The largest absolute Gasteiger partial charge is 0.478 e. The van der Waals surface area contributed by atoms with Crippen molar-refractivity contribution < 1.29 is 36.2 Å². The van der Waals surface area contributed by atoms with Crippen LogP contribution in [0.4, 0.5) is 26.3 Å². The van der Waals surface area contributed by atoms with Gasteiger partial charge in [0.15, 0.2) is 5.57 Å². The minimum Gasteiger partial charge on any atom is -0.478 e. The van der Waals surface area contributed by atoms with E-state index in [-0.39, 0.29) is 0 Å². The predicted octanol–water partition coefficient (Wildman–Crippen LogP) is 1.41. The van der Waals surface area contributed by atoms with E-state index < -0.39 is 29.6 Å². The van der Waals surface area contributed by atoms with Crippen molar-refractivity contribution in [3.05, 3.63) is 11.3 Å². The first-order valence-corrected chi connectivity index (χ1v) is 2.85. The minimum atomic E-state index is -5.65. The molecule has 3 nitrogen and oxygen atoms in total. The first-order valence-electron chi connectivity index (χ1n) is 2.85. The highest BCUT2D eigenvalue weighted by Crippen LogP contribution is 2.33. The number of hydrogen-bond acceptors (Lipinski definition) is 2. The van der Waals surface area contributed by atoms with Crippen molar-refractivity contribution in [1.82, 2.24) is 0 Å². The Balaban J connectivity index is 5.53. The van der Waals surface area contributed by atoms with Gasteiger partial charge in [0.25, 0.3) is 0 Å². The zero-order valence-corrected chi connectivity index (χ0v) is 6.20. The molecule has 82 valence electrons. The molecule has 3 N–H and O–H groups in total. The molecule has 0 unspecified atom stereocenters. The summed E-state index contributed by atoms with van der Waals surface area (Å²) < 4.78 is 70.1. The standard InChI is InChI=1S/C5H3F6NO2/c6-4(7,8)1(3(13)14)2(12)5(9,10)11/h12H2,(H,13,14)/b2-1-. The van der Waals surface area contributed by atoms with E-state index in [1.54, 1.807) is 0 Å². The molecule has 0 heterocycles. The first kappa shape index (κ1) is 12.6. The predicted molar refractivity (Wildman–Crippen MR) is 31.0 cm³/mol. The zero-order valence-electron chi connectivity index (χ0n) is 6.20. The van der Waals surface area contributed by atoms with Crippen molar-refractivity contribution in [2.45, 2.75) is 12.4 Å². The summed E-state index contributed by atoms with van der Waals surface area (Å²) in [4.78, 5) is 9.88. The molecule has 0 fully saturated rings. The maximum Gasteiger partial charge on any atom is 0.431 e. The van der Waals surface area contributed by atoms with Gasteiger partial charge in [0.05, 0.1) is 0 Å². The summed E-state index contributed by atoms with van der Waals surface area (Å²) >= 11 is 0.